The molecule has 0 saturated carbocycles. The van der Waals surface area contributed by atoms with Gasteiger partial charge in [0.05, 0.1) is 25.3 Å². The first kappa shape index (κ1) is 17.2. The molecule has 1 unspecified atom stereocenters. The number of thiophene rings is 1. The highest BCUT2D eigenvalue weighted by Gasteiger charge is 2.36. The second-order valence-electron chi connectivity index (χ2n) is 5.95. The number of methoxy groups -OCH3 is 1. The summed E-state index contributed by atoms with van der Waals surface area (Å²) < 4.78 is 4.99. The van der Waals surface area contributed by atoms with Gasteiger partial charge in [0.25, 0.3) is 0 Å². The van der Waals surface area contributed by atoms with Crippen molar-refractivity contribution in [3.05, 3.63) is 69.1 Å². The van der Waals surface area contributed by atoms with Crippen molar-refractivity contribution in [3.63, 3.8) is 0 Å². The van der Waals surface area contributed by atoms with Crippen LogP contribution in [0.4, 0.5) is 4.79 Å². The lowest BCUT2D eigenvalue weighted by Crippen LogP contribution is -2.47. The van der Waals surface area contributed by atoms with Gasteiger partial charge < -0.3 is 10.1 Å². The monoisotopic (exact) mass is 356 g/mol. The van der Waals surface area contributed by atoms with Crippen molar-refractivity contribution < 1.29 is 14.3 Å². The maximum Gasteiger partial charge on any atom is 0.337 e. The topological polar surface area (TPSA) is 58.6 Å². The Morgan fingerprint density at radius 3 is 2.72 bits per heavy atom. The van der Waals surface area contributed by atoms with Crippen LogP contribution >= 0.6 is 11.3 Å². The van der Waals surface area contributed by atoms with E-state index in [9.17, 15) is 9.59 Å². The number of allylic oxidation sites excluding steroid dienone is 1. The molecule has 0 spiro atoms. The van der Waals surface area contributed by atoms with Gasteiger partial charge in [-0.15, -0.1) is 11.3 Å². The largest absolute Gasteiger partial charge is 0.466 e. The van der Waals surface area contributed by atoms with Gasteiger partial charge in [-0.2, -0.15) is 0 Å². The van der Waals surface area contributed by atoms with Crippen LogP contribution in [0.1, 0.15) is 29.0 Å². The van der Waals surface area contributed by atoms with Gasteiger partial charge in [0.15, 0.2) is 0 Å². The Balaban J connectivity index is 2.04. The molecule has 0 aliphatic carbocycles. The summed E-state index contributed by atoms with van der Waals surface area (Å²) in [6, 6.07) is 10.9. The van der Waals surface area contributed by atoms with Gasteiger partial charge >= 0.3 is 12.0 Å². The van der Waals surface area contributed by atoms with E-state index in [1.54, 1.807) is 23.2 Å². The van der Waals surface area contributed by atoms with Crippen LogP contribution < -0.4 is 5.32 Å². The Hall–Kier alpha value is -2.60. The van der Waals surface area contributed by atoms with Crippen molar-refractivity contribution in [2.45, 2.75) is 26.4 Å². The lowest BCUT2D eigenvalue weighted by Gasteiger charge is -2.35. The third-order valence-electron chi connectivity index (χ3n) is 4.27. The first-order valence-corrected chi connectivity index (χ1v) is 8.85. The third kappa shape index (κ3) is 3.44. The van der Waals surface area contributed by atoms with Gasteiger partial charge in [0.1, 0.15) is 0 Å². The lowest BCUT2D eigenvalue weighted by molar-refractivity contribution is -0.136. The fourth-order valence-corrected chi connectivity index (χ4v) is 3.70. The predicted octanol–water partition coefficient (Wildman–Crippen LogP) is 3.77. The number of nitrogens with zero attached hydrogens (tertiary/aromatic N) is 1. The van der Waals surface area contributed by atoms with Gasteiger partial charge in [-0.05, 0) is 30.9 Å². The number of aryl methyl sites for hydroxylation is 1. The standard InChI is InChI=1S/C19H20N2O3S/c1-12-6-4-7-14(10-12)17-16(18(22)24-3)13(2)21(19(23)20-17)11-15-8-5-9-25-15/h4-10,17H,11H2,1-3H3,(H,20,23). The number of hydrogen-bond donors (Lipinski definition) is 1. The van der Waals surface area contributed by atoms with Gasteiger partial charge in [-0.25, -0.2) is 9.59 Å². The molecule has 6 heteroatoms. The van der Waals surface area contributed by atoms with Crippen LogP contribution in [0.5, 0.6) is 0 Å². The molecule has 25 heavy (non-hydrogen) atoms. The molecule has 130 valence electrons. The minimum absolute atomic E-state index is 0.218. The quantitative estimate of drug-likeness (QED) is 0.849. The number of hydrogen-bond acceptors (Lipinski definition) is 4. The number of carbonyl (C=O) groups is 2. The van der Waals surface area contributed by atoms with Gasteiger partial charge in [-0.1, -0.05) is 35.9 Å². The average Bonchev–Trinajstić information content (AvgIpc) is 3.10. The number of urea groups is 1. The Labute approximate surface area is 150 Å². The number of esters is 1. The molecule has 0 fully saturated rings. The second-order valence-corrected chi connectivity index (χ2v) is 6.99. The highest BCUT2D eigenvalue weighted by molar-refractivity contribution is 7.09. The molecule has 0 saturated heterocycles. The molecule has 0 radical (unpaired) electrons. The average molecular weight is 356 g/mol. The Morgan fingerprint density at radius 1 is 1.28 bits per heavy atom. The zero-order valence-electron chi connectivity index (χ0n) is 14.4. The van der Waals surface area contributed by atoms with E-state index < -0.39 is 12.0 Å². The smallest absolute Gasteiger partial charge is 0.337 e. The Morgan fingerprint density at radius 2 is 2.08 bits per heavy atom. The van der Waals surface area contributed by atoms with E-state index in [0.717, 1.165) is 16.0 Å². The summed E-state index contributed by atoms with van der Waals surface area (Å²) in [5.41, 5.74) is 3.01. The maximum absolute atomic E-state index is 12.7. The number of amides is 2. The summed E-state index contributed by atoms with van der Waals surface area (Å²) in [5, 5.41) is 4.92. The summed E-state index contributed by atoms with van der Waals surface area (Å²) in [7, 11) is 1.36. The van der Waals surface area contributed by atoms with E-state index in [2.05, 4.69) is 5.32 Å². The second kappa shape index (κ2) is 7.11. The molecule has 1 aliphatic heterocycles. The van der Waals surface area contributed by atoms with Gasteiger partial charge in [-0.3, -0.25) is 4.90 Å². The van der Waals surface area contributed by atoms with E-state index in [0.29, 0.717) is 17.8 Å². The maximum atomic E-state index is 12.7. The summed E-state index contributed by atoms with van der Waals surface area (Å²) >= 11 is 1.57. The molecular weight excluding hydrogens is 336 g/mol. The summed E-state index contributed by atoms with van der Waals surface area (Å²) in [5.74, 6) is -0.430. The van der Waals surface area contributed by atoms with Crippen molar-refractivity contribution in [2.24, 2.45) is 0 Å². The Kier molecular flexibility index (Phi) is 4.90. The van der Waals surface area contributed by atoms with Crippen LogP contribution in [0.25, 0.3) is 0 Å². The minimum atomic E-state index is -0.514. The van der Waals surface area contributed by atoms with Crippen LogP contribution in [0.3, 0.4) is 0 Å². The molecule has 2 aromatic rings. The molecule has 2 heterocycles. The van der Waals surface area contributed by atoms with Crippen molar-refractivity contribution in [3.8, 4) is 0 Å². The molecule has 1 aromatic heterocycles. The van der Waals surface area contributed by atoms with Crippen LogP contribution in [-0.4, -0.2) is 24.0 Å². The number of benzene rings is 1. The zero-order valence-corrected chi connectivity index (χ0v) is 15.2. The van der Waals surface area contributed by atoms with E-state index in [1.807, 2.05) is 48.7 Å². The molecule has 1 aliphatic rings. The van der Waals surface area contributed by atoms with Crippen molar-refractivity contribution in [2.75, 3.05) is 7.11 Å². The molecule has 1 N–H and O–H groups in total. The SMILES string of the molecule is COC(=O)C1=C(C)N(Cc2cccs2)C(=O)NC1c1cccc(C)c1. The van der Waals surface area contributed by atoms with Crippen molar-refractivity contribution >= 4 is 23.3 Å². The zero-order chi connectivity index (χ0) is 18.0. The molecule has 0 bridgehead atoms. The minimum Gasteiger partial charge on any atom is -0.466 e. The Bertz CT molecular complexity index is 827. The van der Waals surface area contributed by atoms with Crippen LogP contribution in [-0.2, 0) is 16.1 Å². The van der Waals surface area contributed by atoms with E-state index in [-0.39, 0.29) is 6.03 Å². The first-order valence-electron chi connectivity index (χ1n) is 7.97. The summed E-state index contributed by atoms with van der Waals surface area (Å²) in [6.45, 7) is 4.20. The van der Waals surface area contributed by atoms with Crippen LogP contribution in [0, 0.1) is 6.92 Å². The van der Waals surface area contributed by atoms with Crippen LogP contribution in [0.2, 0.25) is 0 Å². The number of carbonyl (C=O) groups excluding carboxylic acids is 2. The number of ether oxygens (including phenoxy) is 1. The predicted molar refractivity (Wildman–Crippen MR) is 97.0 cm³/mol. The molecule has 3 rings (SSSR count). The van der Waals surface area contributed by atoms with Crippen molar-refractivity contribution in [1.82, 2.24) is 10.2 Å². The van der Waals surface area contributed by atoms with Crippen LogP contribution in [0.15, 0.2) is 53.0 Å². The number of nitrogens with one attached hydrogen (secondary N) is 1. The lowest BCUT2D eigenvalue weighted by atomic mass is 9.94. The molecule has 5 nitrogen and oxygen atoms in total. The third-order valence-corrected chi connectivity index (χ3v) is 5.13. The highest BCUT2D eigenvalue weighted by atomic mass is 32.1. The first-order chi connectivity index (χ1) is 12.0. The molecular formula is C19H20N2O3S. The van der Waals surface area contributed by atoms with Crippen molar-refractivity contribution in [1.29, 1.82) is 0 Å². The summed E-state index contributed by atoms with van der Waals surface area (Å²) in [6.07, 6.45) is 0. The highest BCUT2D eigenvalue weighted by Crippen LogP contribution is 2.32. The van der Waals surface area contributed by atoms with E-state index >= 15 is 0 Å². The molecule has 1 aromatic carbocycles. The molecule has 1 atom stereocenters. The fraction of sp³-hybridized carbons (Fsp3) is 0.263. The normalized spacial score (nSPS) is 17.5. The van der Waals surface area contributed by atoms with E-state index in [1.165, 1.54) is 7.11 Å². The summed E-state index contributed by atoms with van der Waals surface area (Å²) in [4.78, 5) is 27.8. The molecule has 2 amide bonds. The van der Waals surface area contributed by atoms with Gasteiger partial charge in [0.2, 0.25) is 0 Å². The van der Waals surface area contributed by atoms with Gasteiger partial charge in [0, 0.05) is 10.6 Å². The number of rotatable bonds is 4. The van der Waals surface area contributed by atoms with E-state index in [4.69, 9.17) is 4.74 Å². The fourth-order valence-electron chi connectivity index (χ4n) is 3.00.